The molecule has 1 aromatic rings. The normalized spacial score (nSPS) is 12.5. The van der Waals surface area contributed by atoms with Crippen LogP contribution in [-0.2, 0) is 0 Å². The first-order valence-electron chi connectivity index (χ1n) is 5.25. The number of ether oxygens (including phenoxy) is 1. The van der Waals surface area contributed by atoms with E-state index in [1.54, 1.807) is 0 Å². The average Bonchev–Trinajstić information content (AvgIpc) is 2.26. The largest absolute Gasteiger partial charge is 0.493 e. The van der Waals surface area contributed by atoms with Crippen LogP contribution in [0.1, 0.15) is 19.8 Å². The number of thiol groups is 1. The van der Waals surface area contributed by atoms with Crippen LogP contribution in [0.25, 0.3) is 0 Å². The fourth-order valence-electron chi connectivity index (χ4n) is 1.38. The molecule has 0 amide bonds. The lowest BCUT2D eigenvalue weighted by atomic mass is 10.1. The van der Waals surface area contributed by atoms with Crippen molar-refractivity contribution in [2.24, 2.45) is 5.92 Å². The van der Waals surface area contributed by atoms with Gasteiger partial charge in [0.05, 0.1) is 6.61 Å². The second-order valence-electron chi connectivity index (χ2n) is 3.60. The van der Waals surface area contributed by atoms with E-state index in [9.17, 15) is 0 Å². The summed E-state index contributed by atoms with van der Waals surface area (Å²) < 4.78 is 6.95. The predicted molar refractivity (Wildman–Crippen MR) is 76.9 cm³/mol. The molecule has 0 spiro atoms. The summed E-state index contributed by atoms with van der Waals surface area (Å²) in [5.74, 6) is 2.42. The lowest BCUT2D eigenvalue weighted by Gasteiger charge is -2.14. The Balaban J connectivity index is 2.38. The Labute approximate surface area is 111 Å². The summed E-state index contributed by atoms with van der Waals surface area (Å²) in [6.45, 7) is 2.97. The van der Waals surface area contributed by atoms with E-state index in [1.165, 1.54) is 16.4 Å². The predicted octanol–water partition coefficient (Wildman–Crippen LogP) is 4.02. The molecule has 3 heteroatoms. The molecule has 0 heterocycles. The Morgan fingerprint density at radius 3 is 2.53 bits per heavy atom. The molecule has 15 heavy (non-hydrogen) atoms. The quantitative estimate of drug-likeness (QED) is 0.610. The molecule has 0 fully saturated rings. The average molecular weight is 336 g/mol. The molecule has 0 radical (unpaired) electrons. The van der Waals surface area contributed by atoms with E-state index in [0.29, 0.717) is 5.92 Å². The van der Waals surface area contributed by atoms with Crippen molar-refractivity contribution < 1.29 is 4.74 Å². The van der Waals surface area contributed by atoms with Crippen LogP contribution in [0.15, 0.2) is 24.3 Å². The standard InChI is InChI=1S/C12H17IOS/c1-2-3-10(9-15)8-14-12-6-4-11(13)5-7-12/h4-7,10,15H,2-3,8-9H2,1H3. The maximum absolute atomic E-state index is 5.71. The van der Waals surface area contributed by atoms with E-state index >= 15 is 0 Å². The maximum Gasteiger partial charge on any atom is 0.119 e. The van der Waals surface area contributed by atoms with Crippen molar-refractivity contribution in [2.75, 3.05) is 12.4 Å². The van der Waals surface area contributed by atoms with E-state index in [0.717, 1.165) is 18.1 Å². The van der Waals surface area contributed by atoms with Gasteiger partial charge in [0.1, 0.15) is 5.75 Å². The van der Waals surface area contributed by atoms with Crippen LogP contribution in [0.3, 0.4) is 0 Å². The topological polar surface area (TPSA) is 9.23 Å². The van der Waals surface area contributed by atoms with Crippen LogP contribution >= 0.6 is 35.2 Å². The molecule has 0 aliphatic heterocycles. The second-order valence-corrected chi connectivity index (χ2v) is 5.21. The molecule has 1 aromatic carbocycles. The molecule has 0 N–H and O–H groups in total. The summed E-state index contributed by atoms with van der Waals surface area (Å²) in [6.07, 6.45) is 2.38. The van der Waals surface area contributed by atoms with Crippen LogP contribution in [0.2, 0.25) is 0 Å². The van der Waals surface area contributed by atoms with Crippen LogP contribution in [0, 0.1) is 9.49 Å². The van der Waals surface area contributed by atoms with Gasteiger partial charge in [-0.15, -0.1) is 0 Å². The molecule has 0 aliphatic rings. The Morgan fingerprint density at radius 1 is 1.33 bits per heavy atom. The zero-order chi connectivity index (χ0) is 11.1. The summed E-state index contributed by atoms with van der Waals surface area (Å²) in [5.41, 5.74) is 0. The van der Waals surface area contributed by atoms with Gasteiger partial charge in [-0.25, -0.2) is 0 Å². The highest BCUT2D eigenvalue weighted by Crippen LogP contribution is 2.16. The Hall–Kier alpha value is 0.1000. The highest BCUT2D eigenvalue weighted by atomic mass is 127. The minimum Gasteiger partial charge on any atom is -0.493 e. The van der Waals surface area contributed by atoms with Gasteiger partial charge in [0.2, 0.25) is 0 Å². The monoisotopic (exact) mass is 336 g/mol. The summed E-state index contributed by atoms with van der Waals surface area (Å²) in [6, 6.07) is 8.16. The van der Waals surface area contributed by atoms with Gasteiger partial charge in [0.25, 0.3) is 0 Å². The zero-order valence-electron chi connectivity index (χ0n) is 8.95. The third kappa shape index (κ3) is 5.11. The van der Waals surface area contributed by atoms with Crippen molar-refractivity contribution in [2.45, 2.75) is 19.8 Å². The number of benzene rings is 1. The number of rotatable bonds is 6. The fourth-order valence-corrected chi connectivity index (χ4v) is 2.03. The summed E-state index contributed by atoms with van der Waals surface area (Å²) in [5, 5.41) is 0. The summed E-state index contributed by atoms with van der Waals surface area (Å²) >= 11 is 6.62. The van der Waals surface area contributed by atoms with Gasteiger partial charge in [0, 0.05) is 9.49 Å². The number of hydrogen-bond acceptors (Lipinski definition) is 2. The van der Waals surface area contributed by atoms with Crippen molar-refractivity contribution in [1.82, 2.24) is 0 Å². The first kappa shape index (κ1) is 13.2. The maximum atomic E-state index is 5.71. The van der Waals surface area contributed by atoms with E-state index in [-0.39, 0.29) is 0 Å². The van der Waals surface area contributed by atoms with Crippen molar-refractivity contribution in [3.63, 3.8) is 0 Å². The van der Waals surface area contributed by atoms with Crippen LogP contribution in [0.4, 0.5) is 0 Å². The zero-order valence-corrected chi connectivity index (χ0v) is 12.0. The van der Waals surface area contributed by atoms with Gasteiger partial charge < -0.3 is 4.74 Å². The summed E-state index contributed by atoms with van der Waals surface area (Å²) in [4.78, 5) is 0. The van der Waals surface area contributed by atoms with Crippen LogP contribution in [-0.4, -0.2) is 12.4 Å². The Bertz CT molecular complexity index is 273. The number of halogens is 1. The molecule has 1 nitrogen and oxygen atoms in total. The van der Waals surface area contributed by atoms with Crippen LogP contribution < -0.4 is 4.74 Å². The molecule has 0 aromatic heterocycles. The van der Waals surface area contributed by atoms with Crippen LogP contribution in [0.5, 0.6) is 5.75 Å². The summed E-state index contributed by atoms with van der Waals surface area (Å²) in [7, 11) is 0. The Morgan fingerprint density at radius 2 is 2.00 bits per heavy atom. The molecule has 84 valence electrons. The van der Waals surface area contributed by atoms with E-state index in [4.69, 9.17) is 4.74 Å². The van der Waals surface area contributed by atoms with E-state index in [2.05, 4.69) is 54.3 Å². The van der Waals surface area contributed by atoms with Gasteiger partial charge >= 0.3 is 0 Å². The molecule has 0 saturated heterocycles. The van der Waals surface area contributed by atoms with Gasteiger partial charge in [-0.1, -0.05) is 13.3 Å². The van der Waals surface area contributed by atoms with Gasteiger partial charge in [-0.3, -0.25) is 0 Å². The molecule has 1 unspecified atom stereocenters. The number of hydrogen-bond donors (Lipinski definition) is 1. The van der Waals surface area contributed by atoms with Gasteiger partial charge in [0.15, 0.2) is 0 Å². The molecular weight excluding hydrogens is 319 g/mol. The van der Waals surface area contributed by atoms with Crippen molar-refractivity contribution in [1.29, 1.82) is 0 Å². The first-order valence-corrected chi connectivity index (χ1v) is 6.96. The molecular formula is C12H17IOS. The molecule has 0 bridgehead atoms. The van der Waals surface area contributed by atoms with Crippen molar-refractivity contribution >= 4 is 35.2 Å². The van der Waals surface area contributed by atoms with E-state index < -0.39 is 0 Å². The van der Waals surface area contributed by atoms with Gasteiger partial charge in [-0.05, 0) is 59.0 Å². The molecule has 0 aliphatic carbocycles. The fraction of sp³-hybridized carbons (Fsp3) is 0.500. The lowest BCUT2D eigenvalue weighted by Crippen LogP contribution is -2.13. The smallest absolute Gasteiger partial charge is 0.119 e. The highest BCUT2D eigenvalue weighted by molar-refractivity contribution is 14.1. The minimum atomic E-state index is 0.567. The minimum absolute atomic E-state index is 0.567. The third-order valence-corrected chi connectivity index (χ3v) is 3.49. The highest BCUT2D eigenvalue weighted by Gasteiger charge is 2.06. The van der Waals surface area contributed by atoms with Crippen molar-refractivity contribution in [3.8, 4) is 5.75 Å². The second kappa shape index (κ2) is 7.39. The van der Waals surface area contributed by atoms with Gasteiger partial charge in [-0.2, -0.15) is 12.6 Å². The van der Waals surface area contributed by atoms with Crippen molar-refractivity contribution in [3.05, 3.63) is 27.8 Å². The third-order valence-electron chi connectivity index (χ3n) is 2.25. The lowest BCUT2D eigenvalue weighted by molar-refractivity contribution is 0.254. The SMILES string of the molecule is CCCC(CS)COc1ccc(I)cc1. The molecule has 1 atom stereocenters. The molecule has 0 saturated carbocycles. The Kier molecular flexibility index (Phi) is 6.48. The first-order chi connectivity index (χ1) is 7.26. The van der Waals surface area contributed by atoms with E-state index in [1.807, 2.05) is 12.1 Å². The molecule has 1 rings (SSSR count).